The Morgan fingerprint density at radius 3 is 2.53 bits per heavy atom. The monoisotopic (exact) mass is 518 g/mol. The van der Waals surface area contributed by atoms with Gasteiger partial charge in [-0.25, -0.2) is 0 Å². The third-order valence-corrected chi connectivity index (χ3v) is 7.02. The Bertz CT molecular complexity index is 1340. The van der Waals surface area contributed by atoms with Gasteiger partial charge in [-0.05, 0) is 66.4 Å². The summed E-state index contributed by atoms with van der Waals surface area (Å²) >= 11 is 6.76. The van der Waals surface area contributed by atoms with Crippen LogP contribution in [0.3, 0.4) is 0 Å². The number of ether oxygens (including phenoxy) is 2. The van der Waals surface area contributed by atoms with Crippen LogP contribution in [0.1, 0.15) is 22.3 Å². The number of hydrogen-bond acceptors (Lipinski definition) is 6. The number of benzene rings is 3. The number of carbonyl (C=O) groups is 2. The maximum atomic E-state index is 13.1. The van der Waals surface area contributed by atoms with Crippen molar-refractivity contribution in [3.63, 3.8) is 0 Å². The van der Waals surface area contributed by atoms with Crippen LogP contribution in [0.5, 0.6) is 11.5 Å². The zero-order chi connectivity index (χ0) is 25.7. The second-order valence-corrected chi connectivity index (χ2v) is 9.92. The number of anilines is 1. The Labute approximate surface area is 220 Å². The van der Waals surface area contributed by atoms with Crippen molar-refractivity contribution < 1.29 is 19.1 Å². The fraction of sp³-hybridized carbons (Fsp3) is 0.179. The maximum absolute atomic E-state index is 13.1. The summed E-state index contributed by atoms with van der Waals surface area (Å²) in [5.41, 5.74) is 4.78. The molecule has 0 spiro atoms. The van der Waals surface area contributed by atoms with Gasteiger partial charge in [0.05, 0.1) is 17.7 Å². The number of nitrogens with one attached hydrogen (secondary N) is 1. The first-order valence-corrected chi connectivity index (χ1v) is 12.5. The van der Waals surface area contributed by atoms with Crippen molar-refractivity contribution in [2.24, 2.45) is 0 Å². The van der Waals surface area contributed by atoms with E-state index in [1.807, 2.05) is 68.4 Å². The van der Waals surface area contributed by atoms with Crippen LogP contribution in [0, 0.1) is 13.8 Å². The summed E-state index contributed by atoms with van der Waals surface area (Å²) in [6.45, 7) is 4.33. The number of hydrogen-bond donors (Lipinski definition) is 1. The molecule has 1 N–H and O–H groups in total. The van der Waals surface area contributed by atoms with Gasteiger partial charge in [0.1, 0.15) is 0 Å². The van der Waals surface area contributed by atoms with Crippen molar-refractivity contribution >= 4 is 51.9 Å². The average Bonchev–Trinajstić information content (AvgIpc) is 3.16. The maximum Gasteiger partial charge on any atom is 0.270 e. The van der Waals surface area contributed by atoms with Crippen LogP contribution in [0.15, 0.2) is 71.6 Å². The number of thioether (sulfide) groups is 1. The molecule has 1 aliphatic heterocycles. The summed E-state index contributed by atoms with van der Waals surface area (Å²) in [5, 5.41) is 2.83. The van der Waals surface area contributed by atoms with E-state index in [1.165, 1.54) is 18.9 Å². The second-order valence-electron chi connectivity index (χ2n) is 8.25. The summed E-state index contributed by atoms with van der Waals surface area (Å²) < 4.78 is 11.6. The van der Waals surface area contributed by atoms with E-state index < -0.39 is 0 Å². The van der Waals surface area contributed by atoms with Crippen molar-refractivity contribution in [3.05, 3.63) is 93.9 Å². The van der Waals surface area contributed by atoms with Crippen LogP contribution >= 0.6 is 24.0 Å². The minimum Gasteiger partial charge on any atom is -0.493 e. The zero-order valence-corrected chi connectivity index (χ0v) is 21.9. The van der Waals surface area contributed by atoms with Gasteiger partial charge in [-0.2, -0.15) is 0 Å². The predicted molar refractivity (Wildman–Crippen MR) is 148 cm³/mol. The number of methoxy groups -OCH3 is 1. The minimum absolute atomic E-state index is 0.142. The van der Waals surface area contributed by atoms with Crippen LogP contribution in [0.2, 0.25) is 0 Å². The molecule has 6 nitrogen and oxygen atoms in total. The lowest BCUT2D eigenvalue weighted by Crippen LogP contribution is -2.28. The molecular formula is C28H26N2O4S2. The highest BCUT2D eigenvalue weighted by molar-refractivity contribution is 8.27. The molecule has 0 bridgehead atoms. The van der Waals surface area contributed by atoms with Gasteiger partial charge in [-0.3, -0.25) is 14.5 Å². The third-order valence-electron chi connectivity index (χ3n) is 5.72. The lowest BCUT2D eigenvalue weighted by Gasteiger charge is -2.16. The zero-order valence-electron chi connectivity index (χ0n) is 20.2. The molecule has 3 aromatic carbocycles. The minimum atomic E-state index is -0.236. The van der Waals surface area contributed by atoms with Crippen molar-refractivity contribution in [1.29, 1.82) is 0 Å². The molecule has 0 radical (unpaired) electrons. The van der Waals surface area contributed by atoms with Crippen LogP contribution in [-0.2, 0) is 16.1 Å². The van der Waals surface area contributed by atoms with Gasteiger partial charge in [0.2, 0.25) is 0 Å². The molecule has 36 heavy (non-hydrogen) atoms. The number of aryl methyl sites for hydroxylation is 2. The van der Waals surface area contributed by atoms with E-state index in [4.69, 9.17) is 21.7 Å². The van der Waals surface area contributed by atoms with Gasteiger partial charge in [0.15, 0.2) is 22.4 Å². The fourth-order valence-corrected chi connectivity index (χ4v) is 4.89. The Kier molecular flexibility index (Phi) is 8.07. The molecule has 2 amide bonds. The Morgan fingerprint density at radius 2 is 1.81 bits per heavy atom. The molecular weight excluding hydrogens is 492 g/mol. The molecule has 3 aromatic rings. The van der Waals surface area contributed by atoms with E-state index in [2.05, 4.69) is 5.32 Å². The molecule has 0 aliphatic carbocycles. The second kappa shape index (κ2) is 11.4. The first-order valence-electron chi connectivity index (χ1n) is 11.3. The summed E-state index contributed by atoms with van der Waals surface area (Å²) in [4.78, 5) is 27.4. The number of thiocarbonyl (C=S) groups is 1. The normalized spacial score (nSPS) is 14.3. The number of carbonyl (C=O) groups excluding carboxylic acids is 2. The van der Waals surface area contributed by atoms with Gasteiger partial charge < -0.3 is 14.8 Å². The van der Waals surface area contributed by atoms with E-state index in [-0.39, 0.29) is 18.4 Å². The van der Waals surface area contributed by atoms with E-state index in [1.54, 1.807) is 23.1 Å². The van der Waals surface area contributed by atoms with Crippen molar-refractivity contribution in [3.8, 4) is 11.5 Å². The Balaban J connectivity index is 1.42. The molecule has 1 aliphatic rings. The van der Waals surface area contributed by atoms with E-state index in [0.717, 1.165) is 27.9 Å². The van der Waals surface area contributed by atoms with Crippen molar-refractivity contribution in [2.75, 3.05) is 18.6 Å². The summed E-state index contributed by atoms with van der Waals surface area (Å²) in [6, 6.07) is 20.8. The smallest absolute Gasteiger partial charge is 0.270 e. The highest BCUT2D eigenvalue weighted by atomic mass is 32.2. The van der Waals surface area contributed by atoms with Gasteiger partial charge in [-0.15, -0.1) is 0 Å². The van der Waals surface area contributed by atoms with Gasteiger partial charge in [0, 0.05) is 6.54 Å². The van der Waals surface area contributed by atoms with Gasteiger partial charge in [0.25, 0.3) is 11.8 Å². The van der Waals surface area contributed by atoms with Crippen LogP contribution < -0.4 is 19.7 Å². The highest BCUT2D eigenvalue weighted by Gasteiger charge is 2.33. The number of amides is 2. The molecule has 0 aromatic heterocycles. The molecule has 0 saturated carbocycles. The topological polar surface area (TPSA) is 67.9 Å². The summed E-state index contributed by atoms with van der Waals surface area (Å²) in [7, 11) is 1.53. The SMILES string of the molecule is COc1cc(/C=C2\SC(=S)N(c3ccc(C)c(C)c3)C2=O)ccc1OCC(=O)NCc1ccccc1. The van der Waals surface area contributed by atoms with E-state index in [0.29, 0.717) is 27.3 Å². The summed E-state index contributed by atoms with van der Waals surface area (Å²) in [6.07, 6.45) is 1.78. The van der Waals surface area contributed by atoms with Crippen LogP contribution in [0.25, 0.3) is 6.08 Å². The first-order chi connectivity index (χ1) is 17.4. The standard InChI is InChI=1S/C28H26N2O4S2/c1-18-9-11-22(13-19(18)2)30-27(32)25(36-28(30)35)15-21-10-12-23(24(14-21)33-3)34-17-26(31)29-16-20-7-5-4-6-8-20/h4-15H,16-17H2,1-3H3,(H,29,31)/b25-15-. The lowest BCUT2D eigenvalue weighted by molar-refractivity contribution is -0.123. The van der Waals surface area contributed by atoms with E-state index >= 15 is 0 Å². The Hall–Kier alpha value is -3.62. The number of nitrogens with zero attached hydrogens (tertiary/aromatic N) is 1. The average molecular weight is 519 g/mol. The van der Waals surface area contributed by atoms with E-state index in [9.17, 15) is 9.59 Å². The van der Waals surface area contributed by atoms with Crippen molar-refractivity contribution in [1.82, 2.24) is 5.32 Å². The van der Waals surface area contributed by atoms with Crippen LogP contribution in [-0.4, -0.2) is 29.9 Å². The fourth-order valence-electron chi connectivity index (χ4n) is 3.59. The molecule has 184 valence electrons. The van der Waals surface area contributed by atoms with Gasteiger partial charge >= 0.3 is 0 Å². The molecule has 1 heterocycles. The van der Waals surface area contributed by atoms with Crippen LogP contribution in [0.4, 0.5) is 5.69 Å². The quantitative estimate of drug-likeness (QED) is 0.318. The van der Waals surface area contributed by atoms with Crippen molar-refractivity contribution in [2.45, 2.75) is 20.4 Å². The van der Waals surface area contributed by atoms with Gasteiger partial charge in [-0.1, -0.05) is 66.4 Å². The predicted octanol–water partition coefficient (Wildman–Crippen LogP) is 5.41. The molecule has 0 unspecified atom stereocenters. The Morgan fingerprint density at radius 1 is 1.03 bits per heavy atom. The molecule has 1 fully saturated rings. The first kappa shape index (κ1) is 25.5. The number of rotatable bonds is 8. The summed E-state index contributed by atoms with van der Waals surface area (Å²) in [5.74, 6) is 0.499. The molecule has 0 atom stereocenters. The molecule has 1 saturated heterocycles. The molecule has 4 rings (SSSR count). The lowest BCUT2D eigenvalue weighted by atomic mass is 10.1. The highest BCUT2D eigenvalue weighted by Crippen LogP contribution is 2.37. The third kappa shape index (κ3) is 5.95. The largest absolute Gasteiger partial charge is 0.493 e. The molecule has 8 heteroatoms.